The van der Waals surface area contributed by atoms with Crippen LogP contribution in [0.15, 0.2) is 18.3 Å². The van der Waals surface area contributed by atoms with E-state index in [9.17, 15) is 0 Å². The van der Waals surface area contributed by atoms with Crippen LogP contribution in [0.1, 0.15) is 41.5 Å². The second-order valence-corrected chi connectivity index (χ2v) is 6.03. The summed E-state index contributed by atoms with van der Waals surface area (Å²) in [7, 11) is 0. The molecule has 0 aromatic carbocycles. The van der Waals surface area contributed by atoms with Crippen LogP contribution in [0.25, 0.3) is 0 Å². The molecule has 0 fully saturated rings. The molecular weight excluding hydrogens is 283 g/mol. The number of hydrogen-bond acceptors (Lipinski definition) is 4. The minimum absolute atomic E-state index is 0. The minimum atomic E-state index is -2.13. The Morgan fingerprint density at radius 3 is 1.71 bits per heavy atom. The molecule has 0 bridgehead atoms. The van der Waals surface area contributed by atoms with Crippen LogP contribution in [-0.2, 0) is 14.0 Å². The molecule has 0 amide bonds. The first-order valence-corrected chi connectivity index (χ1v) is 7.42. The zero-order chi connectivity index (χ0) is 15.3. The summed E-state index contributed by atoms with van der Waals surface area (Å²) in [4.78, 5) is 4.34. The first kappa shape index (κ1) is 21.0. The number of halogens is 1. The molecule has 0 saturated heterocycles. The van der Waals surface area contributed by atoms with Crippen molar-refractivity contribution in [1.29, 1.82) is 0 Å². The van der Waals surface area contributed by atoms with Crippen LogP contribution in [0.2, 0.25) is 5.02 Å². The summed E-state index contributed by atoms with van der Waals surface area (Å²) in [6.07, 6.45) is 1.44. The van der Waals surface area contributed by atoms with Crippen molar-refractivity contribution in [3.63, 3.8) is 0 Å². The molecule has 0 unspecified atom stereocenters. The van der Waals surface area contributed by atoms with E-state index in [0.717, 1.165) is 0 Å². The molecule has 7 heteroatoms. The molecule has 0 aliphatic heterocycles. The molecule has 0 N–H and O–H groups in total. The van der Waals surface area contributed by atoms with Crippen molar-refractivity contribution in [3.8, 4) is 0 Å². The number of aromatic nitrogens is 1. The molecular formula is C14H24BClLiNO3. The molecule has 0 saturated carbocycles. The van der Waals surface area contributed by atoms with Gasteiger partial charge in [-0.3, -0.25) is 4.98 Å². The maximum Gasteiger partial charge on any atom is 1.00 e. The Morgan fingerprint density at radius 1 is 0.952 bits per heavy atom. The fraction of sp³-hybridized carbons (Fsp3) is 0.643. The second-order valence-electron chi connectivity index (χ2n) is 5.60. The summed E-state index contributed by atoms with van der Waals surface area (Å²) in [6, 6.07) is 3.45. The zero-order valence-corrected chi connectivity index (χ0v) is 14.8. The molecule has 0 radical (unpaired) electrons. The molecule has 1 heterocycles. The molecule has 0 aliphatic carbocycles. The van der Waals surface area contributed by atoms with E-state index in [4.69, 9.17) is 25.6 Å². The Kier molecular flexibility index (Phi) is 9.19. The van der Waals surface area contributed by atoms with E-state index in [1.54, 1.807) is 18.3 Å². The number of hydrogen-bond donors (Lipinski definition) is 0. The third-order valence-electron chi connectivity index (χ3n) is 2.46. The summed E-state index contributed by atoms with van der Waals surface area (Å²) in [5, 5.41) is 0.577. The Labute approximate surface area is 145 Å². The fourth-order valence-corrected chi connectivity index (χ4v) is 2.16. The first-order chi connectivity index (χ1) is 9.25. The van der Waals surface area contributed by atoms with Crippen molar-refractivity contribution in [2.24, 2.45) is 0 Å². The standard InChI is InChI=1S/C14H24BClNO3.Li/c1-10(2)18-15(19-11(3)4,20-12(5)6)14-9-13(16)7-8-17-14;/h7-12H,1-6H3;/q-1;+1. The van der Waals surface area contributed by atoms with Gasteiger partial charge in [-0.25, -0.2) is 0 Å². The van der Waals surface area contributed by atoms with E-state index in [-0.39, 0.29) is 37.2 Å². The van der Waals surface area contributed by atoms with Crippen LogP contribution in [0.3, 0.4) is 0 Å². The predicted molar refractivity (Wildman–Crippen MR) is 83.3 cm³/mol. The number of rotatable bonds is 7. The van der Waals surface area contributed by atoms with Crippen molar-refractivity contribution in [1.82, 2.24) is 4.98 Å². The maximum absolute atomic E-state index is 6.06. The van der Waals surface area contributed by atoms with Crippen molar-refractivity contribution >= 4 is 23.9 Å². The third-order valence-corrected chi connectivity index (χ3v) is 2.69. The average Bonchev–Trinajstić information content (AvgIpc) is 2.25. The van der Waals surface area contributed by atoms with Crippen LogP contribution < -0.4 is 24.5 Å². The summed E-state index contributed by atoms with van der Waals surface area (Å²) >= 11 is 6.06. The quantitative estimate of drug-likeness (QED) is 0.673. The molecule has 1 aromatic heterocycles. The molecule has 21 heavy (non-hydrogen) atoms. The topological polar surface area (TPSA) is 40.6 Å². The third kappa shape index (κ3) is 6.73. The maximum atomic E-state index is 6.06. The van der Waals surface area contributed by atoms with Gasteiger partial charge in [0, 0.05) is 29.5 Å². The van der Waals surface area contributed by atoms with Gasteiger partial charge in [0.1, 0.15) is 0 Å². The molecule has 1 aromatic rings. The predicted octanol–water partition coefficient (Wildman–Crippen LogP) is 0.160. The van der Waals surface area contributed by atoms with Gasteiger partial charge in [-0.2, -0.15) is 0 Å². The summed E-state index contributed by atoms with van der Waals surface area (Å²) in [6.45, 7) is 9.50. The Balaban J connectivity index is 0.00000400. The van der Waals surface area contributed by atoms with Crippen molar-refractivity contribution in [3.05, 3.63) is 23.4 Å². The van der Waals surface area contributed by atoms with Crippen LogP contribution >= 0.6 is 11.6 Å². The van der Waals surface area contributed by atoms with E-state index in [2.05, 4.69) is 4.98 Å². The van der Waals surface area contributed by atoms with Crippen molar-refractivity contribution in [2.45, 2.75) is 59.9 Å². The monoisotopic (exact) mass is 307 g/mol. The summed E-state index contributed by atoms with van der Waals surface area (Å²) < 4.78 is 18.0. The number of nitrogens with zero attached hydrogens (tertiary/aromatic N) is 1. The van der Waals surface area contributed by atoms with Crippen LogP contribution in [0, 0.1) is 0 Å². The van der Waals surface area contributed by atoms with Gasteiger partial charge in [0.25, 0.3) is 0 Å². The van der Waals surface area contributed by atoms with Crippen LogP contribution in [-0.4, -0.2) is 30.1 Å². The fourth-order valence-electron chi connectivity index (χ4n) is 1.99. The zero-order valence-electron chi connectivity index (χ0n) is 14.1. The summed E-state index contributed by atoms with van der Waals surface area (Å²) in [5.41, 5.74) is 0.577. The molecule has 114 valence electrons. The van der Waals surface area contributed by atoms with Crippen molar-refractivity contribution < 1.29 is 32.8 Å². The largest absolute Gasteiger partial charge is 1.00 e. The van der Waals surface area contributed by atoms with E-state index in [1.165, 1.54) is 0 Å². The molecule has 1 rings (SSSR count). The van der Waals surface area contributed by atoms with E-state index < -0.39 is 6.75 Å². The van der Waals surface area contributed by atoms with E-state index in [1.807, 2.05) is 41.5 Å². The van der Waals surface area contributed by atoms with Gasteiger partial charge in [-0.05, 0) is 53.2 Å². The number of pyridine rings is 1. The van der Waals surface area contributed by atoms with Gasteiger partial charge in [0.2, 0.25) is 0 Å². The van der Waals surface area contributed by atoms with Crippen LogP contribution in [0.4, 0.5) is 0 Å². The summed E-state index contributed by atoms with van der Waals surface area (Å²) in [5.74, 6) is 0. The Morgan fingerprint density at radius 2 is 1.38 bits per heavy atom. The molecule has 0 spiro atoms. The van der Waals surface area contributed by atoms with Gasteiger partial charge >= 0.3 is 25.6 Å². The molecule has 0 atom stereocenters. The normalized spacial score (nSPS) is 12.1. The smallest absolute Gasteiger partial charge is 0.538 e. The Hall–Kier alpha value is -0.0177. The van der Waals surface area contributed by atoms with Gasteiger partial charge in [0.05, 0.1) is 0 Å². The van der Waals surface area contributed by atoms with Gasteiger partial charge < -0.3 is 14.0 Å². The minimum Gasteiger partial charge on any atom is -0.538 e. The molecule has 0 aliphatic rings. The van der Waals surface area contributed by atoms with E-state index >= 15 is 0 Å². The van der Waals surface area contributed by atoms with Gasteiger partial charge in [-0.1, -0.05) is 17.7 Å². The van der Waals surface area contributed by atoms with Crippen LogP contribution in [0.5, 0.6) is 0 Å². The van der Waals surface area contributed by atoms with Gasteiger partial charge in [-0.15, -0.1) is 0 Å². The average molecular weight is 308 g/mol. The van der Waals surface area contributed by atoms with Crippen molar-refractivity contribution in [2.75, 3.05) is 0 Å². The van der Waals surface area contributed by atoms with Gasteiger partial charge in [0.15, 0.2) is 0 Å². The van der Waals surface area contributed by atoms with E-state index in [0.29, 0.717) is 10.6 Å². The first-order valence-electron chi connectivity index (χ1n) is 7.04. The molecule has 4 nitrogen and oxygen atoms in total. The second kappa shape index (κ2) is 9.20. The SMILES string of the molecule is CC(C)O[B-](OC(C)C)(OC(C)C)c1cc(Cl)ccn1.[Li+]. The Bertz CT molecular complexity index is 406.